The van der Waals surface area contributed by atoms with E-state index in [1.54, 1.807) is 35.0 Å². The quantitative estimate of drug-likeness (QED) is 0.800. The molecular weight excluding hydrogens is 306 g/mol. The van der Waals surface area contributed by atoms with Gasteiger partial charge in [-0.25, -0.2) is 18.7 Å². The lowest BCUT2D eigenvalue weighted by atomic mass is 10.3. The standard InChI is InChI=1S/C15H12F2N4O2/c16-13(17)11-12(23-15(20-11)8-4-5-8)14(22)19-10-3-1-2-9-18-6-7-21(9)10/h1-3,6-8,13H,4-5H2,(H,19,22). The highest BCUT2D eigenvalue weighted by Gasteiger charge is 2.34. The summed E-state index contributed by atoms with van der Waals surface area (Å²) in [5, 5.41) is 2.57. The van der Waals surface area contributed by atoms with Crippen LogP contribution in [-0.4, -0.2) is 20.3 Å². The zero-order chi connectivity index (χ0) is 16.0. The van der Waals surface area contributed by atoms with Crippen molar-refractivity contribution in [1.82, 2.24) is 14.4 Å². The Hall–Kier alpha value is -2.77. The first-order chi connectivity index (χ1) is 11.1. The van der Waals surface area contributed by atoms with E-state index in [1.165, 1.54) is 0 Å². The number of carbonyl (C=O) groups is 1. The van der Waals surface area contributed by atoms with E-state index in [2.05, 4.69) is 15.3 Å². The Morgan fingerprint density at radius 2 is 2.22 bits per heavy atom. The molecule has 1 aliphatic rings. The minimum Gasteiger partial charge on any atom is -0.435 e. The molecule has 118 valence electrons. The smallest absolute Gasteiger partial charge is 0.294 e. The first-order valence-electron chi connectivity index (χ1n) is 7.15. The second kappa shape index (κ2) is 5.15. The number of alkyl halides is 2. The van der Waals surface area contributed by atoms with Gasteiger partial charge >= 0.3 is 0 Å². The molecule has 0 aromatic carbocycles. The average molecular weight is 318 g/mol. The van der Waals surface area contributed by atoms with Crippen LogP contribution in [0.3, 0.4) is 0 Å². The van der Waals surface area contributed by atoms with E-state index < -0.39 is 23.8 Å². The van der Waals surface area contributed by atoms with Gasteiger partial charge in [0.05, 0.1) is 0 Å². The number of hydrogen-bond acceptors (Lipinski definition) is 4. The molecule has 1 N–H and O–H groups in total. The summed E-state index contributed by atoms with van der Waals surface area (Å²) in [6.07, 6.45) is 2.07. The molecule has 3 aromatic rings. The maximum atomic E-state index is 13.1. The number of imidazole rings is 1. The SMILES string of the molecule is O=C(Nc1cccc2nccn12)c1oc(C2CC2)nc1C(F)F. The lowest BCUT2D eigenvalue weighted by molar-refractivity contribution is 0.0974. The number of nitrogens with zero attached hydrogens (tertiary/aromatic N) is 3. The number of nitrogens with one attached hydrogen (secondary N) is 1. The fraction of sp³-hybridized carbons (Fsp3) is 0.267. The zero-order valence-corrected chi connectivity index (χ0v) is 11.9. The van der Waals surface area contributed by atoms with Crippen LogP contribution >= 0.6 is 0 Å². The monoisotopic (exact) mass is 318 g/mol. The normalized spacial score (nSPS) is 14.6. The number of rotatable bonds is 4. The Balaban J connectivity index is 1.67. The minimum absolute atomic E-state index is 0.0473. The van der Waals surface area contributed by atoms with Crippen molar-refractivity contribution in [3.8, 4) is 0 Å². The molecule has 0 spiro atoms. The Labute approximate surface area is 129 Å². The van der Waals surface area contributed by atoms with Crippen LogP contribution in [0.15, 0.2) is 35.0 Å². The highest BCUT2D eigenvalue weighted by molar-refractivity contribution is 6.02. The van der Waals surface area contributed by atoms with Crippen LogP contribution in [0.5, 0.6) is 0 Å². The Bertz CT molecular complexity index is 883. The predicted molar refractivity (Wildman–Crippen MR) is 76.6 cm³/mol. The highest BCUT2D eigenvalue weighted by atomic mass is 19.3. The number of pyridine rings is 1. The number of amides is 1. The van der Waals surface area contributed by atoms with Crippen LogP contribution in [-0.2, 0) is 0 Å². The number of anilines is 1. The molecule has 4 rings (SSSR count). The molecule has 0 radical (unpaired) electrons. The van der Waals surface area contributed by atoms with Crippen LogP contribution in [0, 0.1) is 0 Å². The third kappa shape index (κ3) is 2.45. The molecular formula is C15H12F2N4O2. The van der Waals surface area contributed by atoms with E-state index in [9.17, 15) is 13.6 Å². The van der Waals surface area contributed by atoms with Crippen molar-refractivity contribution in [3.05, 3.63) is 47.9 Å². The van der Waals surface area contributed by atoms with E-state index >= 15 is 0 Å². The molecule has 0 atom stereocenters. The Morgan fingerprint density at radius 1 is 1.39 bits per heavy atom. The van der Waals surface area contributed by atoms with Gasteiger partial charge in [0.15, 0.2) is 11.6 Å². The van der Waals surface area contributed by atoms with Crippen LogP contribution in [0.4, 0.5) is 14.6 Å². The van der Waals surface area contributed by atoms with Gasteiger partial charge in [0.25, 0.3) is 12.3 Å². The minimum atomic E-state index is -2.86. The lowest BCUT2D eigenvalue weighted by Crippen LogP contribution is -2.15. The van der Waals surface area contributed by atoms with Crippen molar-refractivity contribution in [2.45, 2.75) is 25.2 Å². The molecule has 1 amide bonds. The molecule has 0 saturated heterocycles. The van der Waals surface area contributed by atoms with Crippen LogP contribution in [0.1, 0.15) is 47.3 Å². The predicted octanol–water partition coefficient (Wildman–Crippen LogP) is 3.39. The van der Waals surface area contributed by atoms with Crippen molar-refractivity contribution in [2.75, 3.05) is 5.32 Å². The first-order valence-corrected chi connectivity index (χ1v) is 7.15. The number of oxazole rings is 1. The molecule has 0 unspecified atom stereocenters. The van der Waals surface area contributed by atoms with Gasteiger partial charge in [0.1, 0.15) is 11.5 Å². The van der Waals surface area contributed by atoms with Crippen LogP contribution < -0.4 is 5.32 Å². The number of hydrogen-bond donors (Lipinski definition) is 1. The van der Waals surface area contributed by atoms with Gasteiger partial charge in [-0.2, -0.15) is 0 Å². The van der Waals surface area contributed by atoms with Gasteiger partial charge in [0.2, 0.25) is 5.76 Å². The topological polar surface area (TPSA) is 72.4 Å². The molecule has 3 aromatic heterocycles. The van der Waals surface area contributed by atoms with Crippen LogP contribution in [0.25, 0.3) is 5.65 Å². The van der Waals surface area contributed by atoms with Crippen molar-refractivity contribution in [2.24, 2.45) is 0 Å². The van der Waals surface area contributed by atoms with Gasteiger partial charge in [-0.05, 0) is 25.0 Å². The summed E-state index contributed by atoms with van der Waals surface area (Å²) in [5.74, 6) is -0.507. The maximum Gasteiger partial charge on any atom is 0.294 e. The lowest BCUT2D eigenvalue weighted by Gasteiger charge is -2.06. The number of fused-ring (bicyclic) bond motifs is 1. The average Bonchev–Trinajstić information content (AvgIpc) is 3.10. The van der Waals surface area contributed by atoms with Crippen LogP contribution in [0.2, 0.25) is 0 Å². The molecule has 0 aliphatic heterocycles. The zero-order valence-electron chi connectivity index (χ0n) is 11.9. The number of aromatic nitrogens is 3. The summed E-state index contributed by atoms with van der Waals surface area (Å²) in [7, 11) is 0. The largest absolute Gasteiger partial charge is 0.435 e. The summed E-state index contributed by atoms with van der Waals surface area (Å²) >= 11 is 0. The Kier molecular flexibility index (Phi) is 3.10. The number of carbonyl (C=O) groups excluding carboxylic acids is 1. The first kappa shape index (κ1) is 13.9. The second-order valence-electron chi connectivity index (χ2n) is 5.36. The van der Waals surface area contributed by atoms with Crippen molar-refractivity contribution in [1.29, 1.82) is 0 Å². The fourth-order valence-electron chi connectivity index (χ4n) is 2.39. The summed E-state index contributed by atoms with van der Waals surface area (Å²) in [5.41, 5.74) is 0.0235. The van der Waals surface area contributed by atoms with E-state index in [0.717, 1.165) is 12.8 Å². The fourth-order valence-corrected chi connectivity index (χ4v) is 2.39. The van der Waals surface area contributed by atoms with Gasteiger partial charge < -0.3 is 9.73 Å². The molecule has 1 fully saturated rings. The van der Waals surface area contributed by atoms with Gasteiger partial charge in [-0.3, -0.25) is 9.20 Å². The van der Waals surface area contributed by atoms with E-state index in [1.807, 2.05) is 0 Å². The molecule has 6 nitrogen and oxygen atoms in total. The molecule has 3 heterocycles. The molecule has 0 bridgehead atoms. The van der Waals surface area contributed by atoms with Gasteiger partial charge in [-0.1, -0.05) is 6.07 Å². The summed E-state index contributed by atoms with van der Waals surface area (Å²) in [6.45, 7) is 0. The van der Waals surface area contributed by atoms with E-state index in [0.29, 0.717) is 11.5 Å². The van der Waals surface area contributed by atoms with E-state index in [-0.39, 0.29) is 11.8 Å². The number of halogens is 2. The highest BCUT2D eigenvalue weighted by Crippen LogP contribution is 2.41. The second-order valence-corrected chi connectivity index (χ2v) is 5.36. The van der Waals surface area contributed by atoms with Crippen molar-refractivity contribution >= 4 is 17.4 Å². The van der Waals surface area contributed by atoms with Crippen molar-refractivity contribution < 1.29 is 18.0 Å². The molecule has 1 saturated carbocycles. The Morgan fingerprint density at radius 3 is 2.96 bits per heavy atom. The summed E-state index contributed by atoms with van der Waals surface area (Å²) < 4.78 is 33.2. The molecule has 1 aliphatic carbocycles. The van der Waals surface area contributed by atoms with Crippen molar-refractivity contribution in [3.63, 3.8) is 0 Å². The molecule has 8 heteroatoms. The van der Waals surface area contributed by atoms with E-state index in [4.69, 9.17) is 4.42 Å². The molecule has 23 heavy (non-hydrogen) atoms. The summed E-state index contributed by atoms with van der Waals surface area (Å²) in [6, 6.07) is 5.12. The third-order valence-corrected chi connectivity index (χ3v) is 3.68. The summed E-state index contributed by atoms with van der Waals surface area (Å²) in [4.78, 5) is 20.2. The maximum absolute atomic E-state index is 13.1. The van der Waals surface area contributed by atoms with Gasteiger partial charge in [-0.15, -0.1) is 0 Å². The third-order valence-electron chi connectivity index (χ3n) is 3.68. The van der Waals surface area contributed by atoms with Gasteiger partial charge in [0, 0.05) is 18.3 Å².